The standard InChI is InChI=1S/C22H25NO7S/c1-25-15-7-12(8-16(26-2)20(15)29-5)19(24)14-11-31-22(23-14)13-9-17(27-3)21(30-6)18(10-13)28-4/h7-10,14H,11H2,1-6H3. The number of methoxy groups -OCH3 is 6. The molecule has 0 N–H and O–H groups in total. The van der Waals surface area contributed by atoms with E-state index in [4.69, 9.17) is 28.4 Å². The Hall–Kier alpha value is -3.07. The van der Waals surface area contributed by atoms with Crippen molar-refractivity contribution in [2.45, 2.75) is 6.04 Å². The van der Waals surface area contributed by atoms with Crippen LogP contribution in [0.2, 0.25) is 0 Å². The molecule has 1 unspecified atom stereocenters. The molecule has 0 saturated carbocycles. The van der Waals surface area contributed by atoms with Gasteiger partial charge in [0.15, 0.2) is 28.8 Å². The van der Waals surface area contributed by atoms with Crippen molar-refractivity contribution < 1.29 is 33.2 Å². The number of carbonyl (C=O) groups is 1. The summed E-state index contributed by atoms with van der Waals surface area (Å²) >= 11 is 1.50. The number of aliphatic imine (C=N–C) groups is 1. The minimum Gasteiger partial charge on any atom is -0.493 e. The highest BCUT2D eigenvalue weighted by Gasteiger charge is 2.29. The summed E-state index contributed by atoms with van der Waals surface area (Å²) in [7, 11) is 9.20. The van der Waals surface area contributed by atoms with Gasteiger partial charge in [-0.25, -0.2) is 0 Å². The molecular formula is C22H25NO7S. The summed E-state index contributed by atoms with van der Waals surface area (Å²) in [5.74, 6) is 3.22. The molecule has 8 nitrogen and oxygen atoms in total. The maximum Gasteiger partial charge on any atom is 0.203 e. The number of hydrogen-bond acceptors (Lipinski definition) is 9. The second kappa shape index (κ2) is 9.82. The van der Waals surface area contributed by atoms with E-state index in [2.05, 4.69) is 4.99 Å². The fraction of sp³-hybridized carbons (Fsp3) is 0.364. The maximum absolute atomic E-state index is 13.2. The van der Waals surface area contributed by atoms with Crippen LogP contribution in [0.15, 0.2) is 29.3 Å². The van der Waals surface area contributed by atoms with Crippen LogP contribution in [-0.4, -0.2) is 65.3 Å². The van der Waals surface area contributed by atoms with E-state index in [1.54, 1.807) is 33.5 Å². The summed E-state index contributed by atoms with van der Waals surface area (Å²) in [6.45, 7) is 0. The van der Waals surface area contributed by atoms with E-state index in [1.807, 2.05) is 12.1 Å². The van der Waals surface area contributed by atoms with Crippen LogP contribution >= 0.6 is 11.8 Å². The summed E-state index contributed by atoms with van der Waals surface area (Å²) in [4.78, 5) is 17.8. The van der Waals surface area contributed by atoms with Crippen molar-refractivity contribution in [1.82, 2.24) is 0 Å². The van der Waals surface area contributed by atoms with Gasteiger partial charge in [-0.3, -0.25) is 9.79 Å². The van der Waals surface area contributed by atoms with Crippen LogP contribution in [0.4, 0.5) is 0 Å². The Balaban J connectivity index is 1.94. The van der Waals surface area contributed by atoms with Crippen LogP contribution in [0.25, 0.3) is 0 Å². The number of carbonyl (C=O) groups excluding carboxylic acids is 1. The number of ether oxygens (including phenoxy) is 6. The first-order valence-corrected chi connectivity index (χ1v) is 10.3. The van der Waals surface area contributed by atoms with Crippen molar-refractivity contribution in [3.05, 3.63) is 35.4 Å². The predicted molar refractivity (Wildman–Crippen MR) is 119 cm³/mol. The van der Waals surface area contributed by atoms with Crippen LogP contribution in [0.3, 0.4) is 0 Å². The van der Waals surface area contributed by atoms with Crippen molar-refractivity contribution in [3.8, 4) is 34.5 Å². The molecule has 1 heterocycles. The molecule has 2 aromatic carbocycles. The molecule has 166 valence electrons. The van der Waals surface area contributed by atoms with E-state index >= 15 is 0 Å². The second-order valence-corrected chi connectivity index (χ2v) is 7.46. The molecule has 0 fully saturated rings. The van der Waals surface area contributed by atoms with Gasteiger partial charge in [0.2, 0.25) is 11.5 Å². The average Bonchev–Trinajstić information content (AvgIpc) is 3.31. The van der Waals surface area contributed by atoms with Gasteiger partial charge in [-0.2, -0.15) is 0 Å². The monoisotopic (exact) mass is 447 g/mol. The quantitative estimate of drug-likeness (QED) is 0.540. The third-order valence-corrected chi connectivity index (χ3v) is 5.91. The fourth-order valence-corrected chi connectivity index (χ4v) is 4.31. The lowest BCUT2D eigenvalue weighted by Crippen LogP contribution is -2.19. The molecule has 0 saturated heterocycles. The van der Waals surface area contributed by atoms with Gasteiger partial charge in [-0.1, -0.05) is 0 Å². The smallest absolute Gasteiger partial charge is 0.203 e. The minimum atomic E-state index is -0.540. The third-order valence-electron chi connectivity index (χ3n) is 4.81. The normalized spacial score (nSPS) is 15.2. The highest BCUT2D eigenvalue weighted by atomic mass is 32.2. The lowest BCUT2D eigenvalue weighted by atomic mass is 10.0. The molecule has 1 aliphatic rings. The van der Waals surface area contributed by atoms with Crippen LogP contribution in [0, 0.1) is 0 Å². The highest BCUT2D eigenvalue weighted by Crippen LogP contribution is 2.41. The summed E-state index contributed by atoms with van der Waals surface area (Å²) in [6.07, 6.45) is 0. The van der Waals surface area contributed by atoms with E-state index in [0.29, 0.717) is 45.8 Å². The summed E-state index contributed by atoms with van der Waals surface area (Å²) in [6, 6.07) is 6.38. The number of nitrogens with zero attached hydrogens (tertiary/aromatic N) is 1. The van der Waals surface area contributed by atoms with Gasteiger partial charge in [0, 0.05) is 16.9 Å². The van der Waals surface area contributed by atoms with Crippen LogP contribution in [-0.2, 0) is 0 Å². The van der Waals surface area contributed by atoms with Crippen molar-refractivity contribution in [1.29, 1.82) is 0 Å². The Kier molecular flexibility index (Phi) is 7.17. The largest absolute Gasteiger partial charge is 0.493 e. The predicted octanol–water partition coefficient (Wildman–Crippen LogP) is 3.48. The van der Waals surface area contributed by atoms with Gasteiger partial charge in [0.25, 0.3) is 0 Å². The summed E-state index contributed by atoms with van der Waals surface area (Å²) < 4.78 is 32.3. The third kappa shape index (κ3) is 4.36. The van der Waals surface area contributed by atoms with Gasteiger partial charge in [-0.15, -0.1) is 11.8 Å². The molecule has 3 rings (SSSR count). The summed E-state index contributed by atoms with van der Waals surface area (Å²) in [5, 5.41) is 0.727. The van der Waals surface area contributed by atoms with Crippen LogP contribution < -0.4 is 28.4 Å². The Labute approximate surface area is 185 Å². The van der Waals surface area contributed by atoms with Crippen molar-refractivity contribution in [2.75, 3.05) is 48.4 Å². The van der Waals surface area contributed by atoms with Gasteiger partial charge in [-0.05, 0) is 24.3 Å². The number of Topliss-reactive ketones (excluding diaryl/α,β-unsaturated/α-hetero) is 1. The molecule has 1 aliphatic heterocycles. The number of ketones is 1. The number of thioether (sulfide) groups is 1. The lowest BCUT2D eigenvalue weighted by Gasteiger charge is -2.14. The minimum absolute atomic E-state index is 0.130. The van der Waals surface area contributed by atoms with E-state index in [1.165, 1.54) is 33.1 Å². The van der Waals surface area contributed by atoms with Crippen molar-refractivity contribution in [2.24, 2.45) is 4.99 Å². The van der Waals surface area contributed by atoms with Gasteiger partial charge < -0.3 is 28.4 Å². The molecule has 1 atom stereocenters. The van der Waals surface area contributed by atoms with Gasteiger partial charge >= 0.3 is 0 Å². The Morgan fingerprint density at radius 2 is 1.23 bits per heavy atom. The zero-order valence-electron chi connectivity index (χ0n) is 18.3. The molecule has 9 heteroatoms. The zero-order valence-corrected chi connectivity index (χ0v) is 19.1. The SMILES string of the molecule is COc1cc(C(=O)C2CSC(c3cc(OC)c(OC)c(OC)c3)=N2)cc(OC)c1OC. The Morgan fingerprint density at radius 3 is 1.65 bits per heavy atom. The van der Waals surface area contributed by atoms with Gasteiger partial charge in [0.1, 0.15) is 6.04 Å². The maximum atomic E-state index is 13.2. The number of hydrogen-bond donors (Lipinski definition) is 0. The molecule has 0 spiro atoms. The molecule has 0 aliphatic carbocycles. The first-order chi connectivity index (χ1) is 15.0. The van der Waals surface area contributed by atoms with Crippen molar-refractivity contribution in [3.63, 3.8) is 0 Å². The first kappa shape index (κ1) is 22.6. The zero-order chi connectivity index (χ0) is 22.5. The molecule has 31 heavy (non-hydrogen) atoms. The summed E-state index contributed by atoms with van der Waals surface area (Å²) in [5.41, 5.74) is 1.23. The number of rotatable bonds is 9. The lowest BCUT2D eigenvalue weighted by molar-refractivity contribution is 0.0971. The first-order valence-electron chi connectivity index (χ1n) is 9.36. The molecule has 0 bridgehead atoms. The topological polar surface area (TPSA) is 84.8 Å². The van der Waals surface area contributed by atoms with E-state index in [-0.39, 0.29) is 5.78 Å². The molecule has 0 amide bonds. The molecular weight excluding hydrogens is 422 g/mol. The van der Waals surface area contributed by atoms with E-state index in [9.17, 15) is 4.79 Å². The van der Waals surface area contributed by atoms with Crippen LogP contribution in [0.1, 0.15) is 15.9 Å². The average molecular weight is 448 g/mol. The van der Waals surface area contributed by atoms with E-state index in [0.717, 1.165) is 10.6 Å². The fourth-order valence-electron chi connectivity index (χ4n) is 3.29. The molecule has 0 radical (unpaired) electrons. The Morgan fingerprint density at radius 1 is 0.774 bits per heavy atom. The highest BCUT2D eigenvalue weighted by molar-refractivity contribution is 8.14. The molecule has 2 aromatic rings. The van der Waals surface area contributed by atoms with Gasteiger partial charge in [0.05, 0.1) is 47.7 Å². The second-order valence-electron chi connectivity index (χ2n) is 6.45. The Bertz CT molecular complexity index is 955. The molecule has 0 aromatic heterocycles. The van der Waals surface area contributed by atoms with E-state index < -0.39 is 6.04 Å². The number of benzene rings is 2. The van der Waals surface area contributed by atoms with Crippen LogP contribution in [0.5, 0.6) is 34.5 Å². The van der Waals surface area contributed by atoms with Crippen molar-refractivity contribution >= 4 is 22.6 Å².